The fraction of sp³-hybridized carbons (Fsp3) is 0.250. The van der Waals surface area contributed by atoms with Crippen molar-refractivity contribution in [2.75, 3.05) is 18.5 Å². The molecule has 0 aliphatic rings. The van der Waals surface area contributed by atoms with Gasteiger partial charge < -0.3 is 19.7 Å². The maximum absolute atomic E-state index is 11.6. The second-order valence-corrected chi connectivity index (χ2v) is 4.18. The largest absolute Gasteiger partial charge is 0.482 e. The summed E-state index contributed by atoms with van der Waals surface area (Å²) in [6.45, 7) is -1.16. The number of carboxylic acid groups (broad SMARTS) is 2. The van der Waals surface area contributed by atoms with Gasteiger partial charge in [0.05, 0.1) is 5.33 Å². The van der Waals surface area contributed by atoms with Crippen molar-refractivity contribution >= 4 is 33.7 Å². The van der Waals surface area contributed by atoms with Gasteiger partial charge in [-0.15, -0.1) is 0 Å². The lowest BCUT2D eigenvalue weighted by Gasteiger charge is -2.09. The zero-order valence-corrected chi connectivity index (χ0v) is 11.8. The lowest BCUT2D eigenvalue weighted by atomic mass is 10.1. The van der Waals surface area contributed by atoms with Crippen molar-refractivity contribution in [2.24, 2.45) is 0 Å². The zero-order chi connectivity index (χ0) is 15.1. The third-order valence-electron chi connectivity index (χ3n) is 2.05. The van der Waals surface area contributed by atoms with Crippen LogP contribution < -0.4 is 9.47 Å². The van der Waals surface area contributed by atoms with Crippen molar-refractivity contribution in [3.05, 3.63) is 23.8 Å². The normalized spacial score (nSPS) is 9.85. The van der Waals surface area contributed by atoms with Crippen LogP contribution in [0.5, 0.6) is 11.5 Å². The minimum atomic E-state index is -1.17. The minimum Gasteiger partial charge on any atom is -0.482 e. The monoisotopic (exact) mass is 346 g/mol. The Kier molecular flexibility index (Phi) is 5.98. The van der Waals surface area contributed by atoms with Gasteiger partial charge in [-0.2, -0.15) is 0 Å². The predicted octanol–water partition coefficient (Wildman–Crippen LogP) is 1.19. The van der Waals surface area contributed by atoms with Gasteiger partial charge >= 0.3 is 11.9 Å². The number of benzene rings is 1. The molecule has 0 radical (unpaired) electrons. The third-order valence-corrected chi connectivity index (χ3v) is 2.56. The molecule has 0 aromatic heterocycles. The van der Waals surface area contributed by atoms with Crippen LogP contribution in [0.2, 0.25) is 0 Å². The molecule has 0 heterocycles. The highest BCUT2D eigenvalue weighted by molar-refractivity contribution is 9.09. The van der Waals surface area contributed by atoms with Gasteiger partial charge in [-0.3, -0.25) is 4.79 Å². The van der Waals surface area contributed by atoms with E-state index in [4.69, 9.17) is 19.7 Å². The highest BCUT2D eigenvalue weighted by Crippen LogP contribution is 2.24. The molecule has 0 saturated carbocycles. The van der Waals surface area contributed by atoms with Crippen LogP contribution in [0.1, 0.15) is 10.4 Å². The molecule has 0 aliphatic carbocycles. The van der Waals surface area contributed by atoms with Gasteiger partial charge in [-0.1, -0.05) is 15.9 Å². The number of rotatable bonds is 8. The number of alkyl halides is 1. The van der Waals surface area contributed by atoms with Gasteiger partial charge in [-0.25, -0.2) is 9.59 Å². The second-order valence-electron chi connectivity index (χ2n) is 3.61. The number of ether oxygens (including phenoxy) is 2. The topological polar surface area (TPSA) is 110 Å². The summed E-state index contributed by atoms with van der Waals surface area (Å²) in [5.74, 6) is -2.39. The van der Waals surface area contributed by atoms with E-state index in [0.717, 1.165) is 0 Å². The van der Waals surface area contributed by atoms with Crippen LogP contribution in [-0.2, 0) is 9.59 Å². The van der Waals surface area contributed by atoms with Crippen molar-refractivity contribution in [3.63, 3.8) is 0 Å². The number of hydrogen-bond acceptors (Lipinski definition) is 5. The summed E-state index contributed by atoms with van der Waals surface area (Å²) >= 11 is 3.01. The molecule has 0 saturated heterocycles. The molecule has 0 amide bonds. The van der Waals surface area contributed by atoms with Gasteiger partial charge in [-0.05, 0) is 12.1 Å². The molecule has 0 spiro atoms. The van der Waals surface area contributed by atoms with E-state index in [9.17, 15) is 14.4 Å². The first kappa shape index (κ1) is 16.0. The van der Waals surface area contributed by atoms with E-state index in [0.29, 0.717) is 0 Å². The van der Waals surface area contributed by atoms with Gasteiger partial charge in [0, 0.05) is 11.6 Å². The van der Waals surface area contributed by atoms with Crippen LogP contribution in [0.4, 0.5) is 0 Å². The van der Waals surface area contributed by atoms with Crippen molar-refractivity contribution in [2.45, 2.75) is 0 Å². The van der Waals surface area contributed by atoms with Crippen LogP contribution in [-0.4, -0.2) is 46.5 Å². The summed E-state index contributed by atoms with van der Waals surface area (Å²) in [5.41, 5.74) is 0.227. The number of halogens is 1. The summed E-state index contributed by atoms with van der Waals surface area (Å²) < 4.78 is 9.91. The molecular formula is C12H11BrO7. The Morgan fingerprint density at radius 2 is 1.40 bits per heavy atom. The Morgan fingerprint density at radius 1 is 0.950 bits per heavy atom. The molecule has 0 unspecified atom stereocenters. The second kappa shape index (κ2) is 7.49. The molecule has 20 heavy (non-hydrogen) atoms. The smallest absolute Gasteiger partial charge is 0.341 e. The van der Waals surface area contributed by atoms with Gasteiger partial charge in [0.1, 0.15) is 11.5 Å². The van der Waals surface area contributed by atoms with Gasteiger partial charge in [0.25, 0.3) is 0 Å². The molecule has 2 N–H and O–H groups in total. The molecule has 0 aliphatic heterocycles. The molecular weight excluding hydrogens is 336 g/mol. The molecule has 7 nitrogen and oxygen atoms in total. The van der Waals surface area contributed by atoms with Crippen LogP contribution >= 0.6 is 15.9 Å². The SMILES string of the molecule is O=C(O)COc1cc(OCC(=O)O)cc(C(=O)CBr)c1. The first-order valence-electron chi connectivity index (χ1n) is 5.36. The Balaban J connectivity index is 2.97. The highest BCUT2D eigenvalue weighted by Gasteiger charge is 2.11. The summed E-state index contributed by atoms with van der Waals surface area (Å²) in [6, 6.07) is 4.04. The lowest BCUT2D eigenvalue weighted by Crippen LogP contribution is -2.12. The average molecular weight is 347 g/mol. The molecule has 108 valence electrons. The van der Waals surface area contributed by atoms with Gasteiger partial charge in [0.2, 0.25) is 0 Å². The van der Waals surface area contributed by atoms with Crippen molar-refractivity contribution in [3.8, 4) is 11.5 Å². The Labute approximate surface area is 122 Å². The van der Waals surface area contributed by atoms with E-state index < -0.39 is 25.2 Å². The van der Waals surface area contributed by atoms with Crippen LogP contribution in [0, 0.1) is 0 Å². The number of ketones is 1. The third kappa shape index (κ3) is 5.27. The maximum Gasteiger partial charge on any atom is 0.341 e. The van der Waals surface area contributed by atoms with E-state index in [2.05, 4.69) is 15.9 Å². The van der Waals surface area contributed by atoms with Crippen molar-refractivity contribution in [1.29, 1.82) is 0 Å². The molecule has 0 fully saturated rings. The quantitative estimate of drug-likeness (QED) is 0.537. The zero-order valence-electron chi connectivity index (χ0n) is 10.2. The first-order chi connectivity index (χ1) is 9.42. The number of hydrogen-bond donors (Lipinski definition) is 2. The van der Waals surface area contributed by atoms with E-state index >= 15 is 0 Å². The first-order valence-corrected chi connectivity index (χ1v) is 6.48. The fourth-order valence-corrected chi connectivity index (χ4v) is 1.59. The van der Waals surface area contributed by atoms with Crippen LogP contribution in [0.15, 0.2) is 18.2 Å². The van der Waals surface area contributed by atoms with E-state index in [1.807, 2.05) is 0 Å². The van der Waals surface area contributed by atoms with Crippen molar-refractivity contribution < 1.29 is 34.1 Å². The number of aliphatic carboxylic acids is 2. The average Bonchev–Trinajstić information content (AvgIpc) is 2.41. The van der Waals surface area contributed by atoms with Crippen LogP contribution in [0.3, 0.4) is 0 Å². The Hall–Kier alpha value is -2.09. The fourth-order valence-electron chi connectivity index (χ4n) is 1.27. The standard InChI is InChI=1S/C12H11BrO7/c13-4-10(14)7-1-8(19-5-11(15)16)3-9(2-7)20-6-12(17)18/h1-3H,4-6H2,(H,15,16)(H,17,18). The highest BCUT2D eigenvalue weighted by atomic mass is 79.9. The summed E-state index contributed by atoms with van der Waals surface area (Å²) in [7, 11) is 0. The number of carbonyl (C=O) groups is 3. The Bertz CT molecular complexity index is 490. The molecule has 0 bridgehead atoms. The molecule has 1 aromatic rings. The molecule has 1 rings (SSSR count). The van der Waals surface area contributed by atoms with E-state index in [-0.39, 0.29) is 28.2 Å². The van der Waals surface area contributed by atoms with Crippen LogP contribution in [0.25, 0.3) is 0 Å². The predicted molar refractivity (Wildman–Crippen MR) is 70.8 cm³/mol. The van der Waals surface area contributed by atoms with E-state index in [1.54, 1.807) is 0 Å². The van der Waals surface area contributed by atoms with Crippen molar-refractivity contribution in [1.82, 2.24) is 0 Å². The molecule has 0 atom stereocenters. The Morgan fingerprint density at radius 3 is 1.75 bits per heavy atom. The van der Waals surface area contributed by atoms with Gasteiger partial charge in [0.15, 0.2) is 19.0 Å². The lowest BCUT2D eigenvalue weighted by molar-refractivity contribution is -0.140. The number of Topliss-reactive ketones (excluding diaryl/α,β-unsaturated/α-hetero) is 1. The van der Waals surface area contributed by atoms with E-state index in [1.165, 1.54) is 18.2 Å². The maximum atomic E-state index is 11.6. The molecule has 1 aromatic carbocycles. The molecule has 8 heteroatoms. The minimum absolute atomic E-state index is 0.0632. The summed E-state index contributed by atoms with van der Waals surface area (Å²) in [5, 5.41) is 17.1. The summed E-state index contributed by atoms with van der Waals surface area (Å²) in [4.78, 5) is 32.5. The number of carbonyl (C=O) groups excluding carboxylic acids is 1. The number of carboxylic acids is 2. The summed E-state index contributed by atoms with van der Waals surface area (Å²) in [6.07, 6.45) is 0.